The Balaban J connectivity index is 1.96. The Morgan fingerprint density at radius 2 is 2.22 bits per heavy atom. The van der Waals surface area contributed by atoms with Gasteiger partial charge in [0.15, 0.2) is 0 Å². The molecule has 0 bridgehead atoms. The van der Waals surface area contributed by atoms with Crippen LogP contribution in [-0.4, -0.2) is 18.3 Å². The Labute approximate surface area is 111 Å². The summed E-state index contributed by atoms with van der Waals surface area (Å²) in [7, 11) is 0. The zero-order chi connectivity index (χ0) is 12.6. The van der Waals surface area contributed by atoms with Gasteiger partial charge in [-0.25, -0.2) is 0 Å². The molecule has 1 fully saturated rings. The quantitative estimate of drug-likeness (QED) is 0.897. The van der Waals surface area contributed by atoms with E-state index < -0.39 is 5.60 Å². The van der Waals surface area contributed by atoms with E-state index in [4.69, 9.17) is 4.74 Å². The summed E-state index contributed by atoms with van der Waals surface area (Å²) in [6.07, 6.45) is 2.09. The summed E-state index contributed by atoms with van der Waals surface area (Å²) in [6, 6.07) is 10.4. The third-order valence-corrected chi connectivity index (χ3v) is 5.22. The highest BCUT2D eigenvalue weighted by Crippen LogP contribution is 2.40. The molecule has 1 saturated heterocycles. The summed E-state index contributed by atoms with van der Waals surface area (Å²) < 4.78 is 6.75. The van der Waals surface area contributed by atoms with Crippen molar-refractivity contribution in [2.45, 2.75) is 25.4 Å². The van der Waals surface area contributed by atoms with Gasteiger partial charge in [-0.2, -0.15) is 0 Å². The van der Waals surface area contributed by atoms with Crippen LogP contribution in [0, 0.1) is 5.92 Å². The molecule has 2 heterocycles. The van der Waals surface area contributed by atoms with E-state index in [9.17, 15) is 5.11 Å². The van der Waals surface area contributed by atoms with Gasteiger partial charge >= 0.3 is 0 Å². The fourth-order valence-electron chi connectivity index (χ4n) is 2.62. The van der Waals surface area contributed by atoms with Gasteiger partial charge in [-0.3, -0.25) is 0 Å². The number of hydrogen-bond acceptors (Lipinski definition) is 3. The fourth-order valence-corrected chi connectivity index (χ4v) is 3.80. The minimum Gasteiger partial charge on any atom is -0.384 e. The van der Waals surface area contributed by atoms with Crippen molar-refractivity contribution in [1.29, 1.82) is 0 Å². The molecular weight excluding hydrogens is 244 g/mol. The minimum absolute atomic E-state index is 0.208. The van der Waals surface area contributed by atoms with E-state index in [1.165, 1.54) is 10.1 Å². The van der Waals surface area contributed by atoms with Crippen molar-refractivity contribution in [3.05, 3.63) is 35.2 Å². The largest absolute Gasteiger partial charge is 0.384 e. The van der Waals surface area contributed by atoms with Gasteiger partial charge in [0.05, 0.1) is 6.61 Å². The van der Waals surface area contributed by atoms with Crippen LogP contribution in [0.5, 0.6) is 0 Å². The van der Waals surface area contributed by atoms with Crippen LogP contribution in [0.25, 0.3) is 10.1 Å². The molecule has 1 aromatic heterocycles. The van der Waals surface area contributed by atoms with Crippen LogP contribution in [0.1, 0.15) is 24.6 Å². The van der Waals surface area contributed by atoms with Crippen molar-refractivity contribution in [2.75, 3.05) is 13.2 Å². The molecule has 3 heteroatoms. The van der Waals surface area contributed by atoms with Crippen molar-refractivity contribution in [3.8, 4) is 0 Å². The summed E-state index contributed by atoms with van der Waals surface area (Å²) in [6.45, 7) is 3.43. The second-order valence-corrected chi connectivity index (χ2v) is 6.29. The Morgan fingerprint density at radius 3 is 2.94 bits per heavy atom. The molecule has 2 nitrogen and oxygen atoms in total. The first-order chi connectivity index (χ1) is 8.68. The van der Waals surface area contributed by atoms with Crippen LogP contribution in [0.2, 0.25) is 0 Å². The summed E-state index contributed by atoms with van der Waals surface area (Å²) >= 11 is 1.69. The van der Waals surface area contributed by atoms with E-state index in [0.717, 1.165) is 24.3 Å². The third-order valence-electron chi connectivity index (χ3n) is 3.88. The van der Waals surface area contributed by atoms with Crippen LogP contribution in [-0.2, 0) is 10.3 Å². The Kier molecular flexibility index (Phi) is 3.14. The van der Waals surface area contributed by atoms with Crippen molar-refractivity contribution in [3.63, 3.8) is 0 Å². The monoisotopic (exact) mass is 262 g/mol. The molecule has 1 N–H and O–H groups in total. The molecule has 1 aromatic carbocycles. The molecule has 0 amide bonds. The first-order valence-corrected chi connectivity index (χ1v) is 7.29. The summed E-state index contributed by atoms with van der Waals surface area (Å²) in [4.78, 5) is 1.05. The number of rotatable bonds is 2. The maximum Gasteiger partial charge on any atom is 0.101 e. The van der Waals surface area contributed by atoms with Crippen molar-refractivity contribution < 1.29 is 9.84 Å². The topological polar surface area (TPSA) is 29.5 Å². The normalized spacial score (nSPS) is 24.0. The first-order valence-electron chi connectivity index (χ1n) is 6.47. The lowest BCUT2D eigenvalue weighted by Crippen LogP contribution is -2.36. The lowest BCUT2D eigenvalue weighted by molar-refractivity contribution is -0.0702. The van der Waals surface area contributed by atoms with E-state index in [2.05, 4.69) is 18.2 Å². The highest BCUT2D eigenvalue weighted by Gasteiger charge is 2.36. The molecule has 2 unspecified atom stereocenters. The van der Waals surface area contributed by atoms with Gasteiger partial charge < -0.3 is 9.84 Å². The molecule has 18 heavy (non-hydrogen) atoms. The molecule has 96 valence electrons. The lowest BCUT2D eigenvalue weighted by atomic mass is 9.84. The molecule has 1 aliphatic rings. The van der Waals surface area contributed by atoms with Gasteiger partial charge in [-0.15, -0.1) is 11.3 Å². The second-order valence-electron chi connectivity index (χ2n) is 5.21. The molecule has 0 spiro atoms. The summed E-state index contributed by atoms with van der Waals surface area (Å²) in [5, 5.41) is 12.1. The predicted molar refractivity (Wildman–Crippen MR) is 74.9 cm³/mol. The lowest BCUT2D eigenvalue weighted by Gasteiger charge is -2.34. The zero-order valence-corrected chi connectivity index (χ0v) is 11.4. The van der Waals surface area contributed by atoms with Crippen molar-refractivity contribution in [1.82, 2.24) is 0 Å². The number of aliphatic hydroxyl groups is 1. The second kappa shape index (κ2) is 4.65. The Hall–Kier alpha value is -0.900. The van der Waals surface area contributed by atoms with E-state index in [0.29, 0.717) is 6.61 Å². The number of thiophene rings is 1. The minimum atomic E-state index is -0.774. The molecule has 0 saturated carbocycles. The highest BCUT2D eigenvalue weighted by molar-refractivity contribution is 7.19. The van der Waals surface area contributed by atoms with Gasteiger partial charge in [-0.1, -0.05) is 18.2 Å². The van der Waals surface area contributed by atoms with Gasteiger partial charge in [-0.05, 0) is 37.3 Å². The Bertz CT molecular complexity index is 505. The highest BCUT2D eigenvalue weighted by atomic mass is 32.1. The summed E-state index contributed by atoms with van der Waals surface area (Å²) in [5.74, 6) is 0.208. The predicted octanol–water partition coefficient (Wildman–Crippen LogP) is 3.54. The third kappa shape index (κ3) is 2.07. The number of benzene rings is 1. The molecule has 3 rings (SSSR count). The smallest absolute Gasteiger partial charge is 0.101 e. The van der Waals surface area contributed by atoms with Gasteiger partial charge in [0.1, 0.15) is 5.60 Å². The zero-order valence-electron chi connectivity index (χ0n) is 10.6. The molecule has 2 atom stereocenters. The van der Waals surface area contributed by atoms with E-state index in [1.807, 2.05) is 19.1 Å². The van der Waals surface area contributed by atoms with Gasteiger partial charge in [0.2, 0.25) is 0 Å². The van der Waals surface area contributed by atoms with E-state index >= 15 is 0 Å². The maximum atomic E-state index is 10.8. The van der Waals surface area contributed by atoms with Crippen LogP contribution in [0.15, 0.2) is 30.3 Å². The number of hydrogen-bond donors (Lipinski definition) is 1. The van der Waals surface area contributed by atoms with Gasteiger partial charge in [0, 0.05) is 22.1 Å². The van der Waals surface area contributed by atoms with Crippen LogP contribution in [0.3, 0.4) is 0 Å². The van der Waals surface area contributed by atoms with Crippen molar-refractivity contribution in [2.24, 2.45) is 5.92 Å². The summed E-state index contributed by atoms with van der Waals surface area (Å²) in [5.41, 5.74) is -0.774. The maximum absolute atomic E-state index is 10.8. The number of ether oxygens (including phenoxy) is 1. The van der Waals surface area contributed by atoms with E-state index in [-0.39, 0.29) is 5.92 Å². The molecule has 2 aromatic rings. The number of fused-ring (bicyclic) bond motifs is 1. The van der Waals surface area contributed by atoms with Crippen molar-refractivity contribution >= 4 is 21.4 Å². The van der Waals surface area contributed by atoms with Crippen LogP contribution < -0.4 is 0 Å². The SMILES string of the molecule is CC(O)(c1cc2ccccc2s1)C1CCCOC1. The standard InChI is InChI=1S/C15H18O2S/c1-15(16,12-6-4-8-17-10-12)14-9-11-5-2-3-7-13(11)18-14/h2-3,5,7,9,12,16H,4,6,8,10H2,1H3. The molecular formula is C15H18O2S. The average molecular weight is 262 g/mol. The Morgan fingerprint density at radius 1 is 1.39 bits per heavy atom. The molecule has 1 aliphatic heterocycles. The van der Waals surface area contributed by atoms with Crippen LogP contribution in [0.4, 0.5) is 0 Å². The average Bonchev–Trinajstić information content (AvgIpc) is 2.84. The first kappa shape index (κ1) is 12.2. The molecule has 0 aliphatic carbocycles. The molecule has 0 radical (unpaired) electrons. The fraction of sp³-hybridized carbons (Fsp3) is 0.467. The van der Waals surface area contributed by atoms with Crippen LogP contribution >= 0.6 is 11.3 Å². The van der Waals surface area contributed by atoms with Gasteiger partial charge in [0.25, 0.3) is 0 Å². The van der Waals surface area contributed by atoms with E-state index in [1.54, 1.807) is 11.3 Å².